The first-order valence-corrected chi connectivity index (χ1v) is 5.27. The highest BCUT2D eigenvalue weighted by Gasteiger charge is 2.33. The lowest BCUT2D eigenvalue weighted by molar-refractivity contribution is 0.0308. The summed E-state index contributed by atoms with van der Waals surface area (Å²) in [5, 5.41) is 3.36. The molecular formula is C10H20N2. The number of nitrogens with zero attached hydrogens (tertiary/aromatic N) is 1. The summed E-state index contributed by atoms with van der Waals surface area (Å²) in [7, 11) is 0. The maximum absolute atomic E-state index is 3.36. The molecule has 0 aliphatic carbocycles. The summed E-state index contributed by atoms with van der Waals surface area (Å²) in [5.74, 6) is 0. The Labute approximate surface area is 75.3 Å². The molecule has 0 aromatic heterocycles. The highest BCUT2D eigenvalue weighted by Crippen LogP contribution is 2.25. The zero-order chi connectivity index (χ0) is 8.55. The van der Waals surface area contributed by atoms with E-state index in [9.17, 15) is 0 Å². The summed E-state index contributed by atoms with van der Waals surface area (Å²) >= 11 is 0. The van der Waals surface area contributed by atoms with Gasteiger partial charge in [-0.25, -0.2) is 0 Å². The van der Waals surface area contributed by atoms with Crippen molar-refractivity contribution in [2.45, 2.75) is 51.2 Å². The van der Waals surface area contributed by atoms with Crippen LogP contribution in [0.15, 0.2) is 0 Å². The summed E-state index contributed by atoms with van der Waals surface area (Å²) in [6.45, 7) is 7.20. The zero-order valence-corrected chi connectivity index (χ0v) is 8.21. The van der Waals surface area contributed by atoms with Crippen molar-refractivity contribution < 1.29 is 0 Å². The molecule has 2 rings (SSSR count). The molecule has 0 aromatic rings. The van der Waals surface area contributed by atoms with Gasteiger partial charge in [0.05, 0.1) is 0 Å². The fraction of sp³-hybridized carbons (Fsp3) is 1.00. The smallest absolute Gasteiger partial charge is 0.0351 e. The van der Waals surface area contributed by atoms with Crippen molar-refractivity contribution in [1.29, 1.82) is 0 Å². The first-order chi connectivity index (χ1) is 5.79. The SMILES string of the molecule is CC1CCCC(C)N1C1CNC1. The van der Waals surface area contributed by atoms with Crippen LogP contribution in [-0.4, -0.2) is 36.1 Å². The lowest BCUT2D eigenvalue weighted by atomic mass is 9.93. The number of hydrogen-bond acceptors (Lipinski definition) is 2. The molecule has 0 amide bonds. The Morgan fingerprint density at radius 1 is 1.08 bits per heavy atom. The zero-order valence-electron chi connectivity index (χ0n) is 8.21. The summed E-state index contributed by atoms with van der Waals surface area (Å²) < 4.78 is 0. The largest absolute Gasteiger partial charge is 0.314 e. The first-order valence-electron chi connectivity index (χ1n) is 5.27. The predicted molar refractivity (Wildman–Crippen MR) is 51.3 cm³/mol. The van der Waals surface area contributed by atoms with Gasteiger partial charge in [0.15, 0.2) is 0 Å². The number of nitrogens with one attached hydrogen (secondary N) is 1. The molecule has 12 heavy (non-hydrogen) atoms. The van der Waals surface area contributed by atoms with E-state index in [-0.39, 0.29) is 0 Å². The molecule has 0 spiro atoms. The first kappa shape index (κ1) is 8.52. The van der Waals surface area contributed by atoms with Crippen LogP contribution in [0.5, 0.6) is 0 Å². The molecule has 2 unspecified atom stereocenters. The molecule has 2 heteroatoms. The molecular weight excluding hydrogens is 148 g/mol. The van der Waals surface area contributed by atoms with Crippen LogP contribution in [0.2, 0.25) is 0 Å². The van der Waals surface area contributed by atoms with E-state index >= 15 is 0 Å². The number of rotatable bonds is 1. The average molecular weight is 168 g/mol. The molecule has 0 bridgehead atoms. The van der Waals surface area contributed by atoms with Crippen molar-refractivity contribution in [3.05, 3.63) is 0 Å². The lowest BCUT2D eigenvalue weighted by Crippen LogP contribution is -2.62. The Morgan fingerprint density at radius 2 is 1.67 bits per heavy atom. The van der Waals surface area contributed by atoms with E-state index in [1.54, 1.807) is 0 Å². The Kier molecular flexibility index (Phi) is 2.37. The minimum atomic E-state index is 0.820. The Balaban J connectivity index is 1.97. The molecule has 2 fully saturated rings. The molecule has 2 nitrogen and oxygen atoms in total. The van der Waals surface area contributed by atoms with Crippen LogP contribution >= 0.6 is 0 Å². The highest BCUT2D eigenvalue weighted by molar-refractivity contribution is 4.92. The van der Waals surface area contributed by atoms with Crippen molar-refractivity contribution in [2.75, 3.05) is 13.1 Å². The van der Waals surface area contributed by atoms with Crippen LogP contribution in [0, 0.1) is 0 Å². The molecule has 2 aliphatic rings. The number of piperidine rings is 1. The van der Waals surface area contributed by atoms with Gasteiger partial charge < -0.3 is 5.32 Å². The third-order valence-electron chi connectivity index (χ3n) is 3.44. The number of likely N-dealkylation sites (tertiary alicyclic amines) is 1. The predicted octanol–water partition coefficient (Wildman–Crippen LogP) is 1.22. The van der Waals surface area contributed by atoms with Crippen molar-refractivity contribution in [2.24, 2.45) is 0 Å². The third kappa shape index (κ3) is 1.38. The fourth-order valence-corrected chi connectivity index (χ4v) is 2.65. The third-order valence-corrected chi connectivity index (χ3v) is 3.44. The van der Waals surface area contributed by atoms with Crippen LogP contribution < -0.4 is 5.32 Å². The Hall–Kier alpha value is -0.0800. The minimum absolute atomic E-state index is 0.820. The van der Waals surface area contributed by atoms with Crippen LogP contribution in [0.4, 0.5) is 0 Å². The molecule has 2 atom stereocenters. The van der Waals surface area contributed by atoms with Crippen LogP contribution in [-0.2, 0) is 0 Å². The summed E-state index contributed by atoms with van der Waals surface area (Å²) in [6, 6.07) is 2.48. The van der Waals surface area contributed by atoms with Crippen molar-refractivity contribution in [3.8, 4) is 0 Å². The second kappa shape index (κ2) is 3.35. The molecule has 0 radical (unpaired) electrons. The minimum Gasteiger partial charge on any atom is -0.314 e. The molecule has 1 N–H and O–H groups in total. The van der Waals surface area contributed by atoms with E-state index < -0.39 is 0 Å². The van der Waals surface area contributed by atoms with Gasteiger partial charge in [-0.15, -0.1) is 0 Å². The molecule has 0 saturated carbocycles. The van der Waals surface area contributed by atoms with E-state index in [0.29, 0.717) is 0 Å². The van der Waals surface area contributed by atoms with E-state index in [0.717, 1.165) is 18.1 Å². The van der Waals surface area contributed by atoms with Crippen molar-refractivity contribution in [3.63, 3.8) is 0 Å². The second-order valence-electron chi connectivity index (χ2n) is 4.39. The van der Waals surface area contributed by atoms with Crippen molar-refractivity contribution in [1.82, 2.24) is 10.2 Å². The van der Waals surface area contributed by atoms with Gasteiger partial charge in [0.25, 0.3) is 0 Å². The van der Waals surface area contributed by atoms with E-state index in [2.05, 4.69) is 24.1 Å². The van der Waals surface area contributed by atoms with Gasteiger partial charge in [-0.3, -0.25) is 4.90 Å². The molecule has 2 saturated heterocycles. The molecule has 0 aromatic carbocycles. The molecule has 2 heterocycles. The van der Waals surface area contributed by atoms with E-state index in [1.165, 1.54) is 32.4 Å². The Morgan fingerprint density at radius 3 is 2.08 bits per heavy atom. The lowest BCUT2D eigenvalue weighted by Gasteiger charge is -2.48. The van der Waals surface area contributed by atoms with E-state index in [1.807, 2.05) is 0 Å². The van der Waals surface area contributed by atoms with Gasteiger partial charge in [-0.05, 0) is 26.7 Å². The van der Waals surface area contributed by atoms with Crippen molar-refractivity contribution >= 4 is 0 Å². The summed E-state index contributed by atoms with van der Waals surface area (Å²) in [4.78, 5) is 2.72. The van der Waals surface area contributed by atoms with Gasteiger partial charge in [0, 0.05) is 31.2 Å². The van der Waals surface area contributed by atoms with Gasteiger partial charge in [0.1, 0.15) is 0 Å². The van der Waals surface area contributed by atoms with Crippen LogP contribution in [0.3, 0.4) is 0 Å². The van der Waals surface area contributed by atoms with Gasteiger partial charge >= 0.3 is 0 Å². The molecule has 70 valence electrons. The van der Waals surface area contributed by atoms with Crippen LogP contribution in [0.1, 0.15) is 33.1 Å². The van der Waals surface area contributed by atoms with E-state index in [4.69, 9.17) is 0 Å². The summed E-state index contributed by atoms with van der Waals surface area (Å²) in [6.07, 6.45) is 4.24. The topological polar surface area (TPSA) is 15.3 Å². The van der Waals surface area contributed by atoms with Crippen LogP contribution in [0.25, 0.3) is 0 Å². The maximum atomic E-state index is 3.36. The van der Waals surface area contributed by atoms with Gasteiger partial charge in [-0.2, -0.15) is 0 Å². The maximum Gasteiger partial charge on any atom is 0.0351 e. The van der Waals surface area contributed by atoms with Gasteiger partial charge in [0.2, 0.25) is 0 Å². The monoisotopic (exact) mass is 168 g/mol. The second-order valence-corrected chi connectivity index (χ2v) is 4.39. The fourth-order valence-electron chi connectivity index (χ4n) is 2.65. The quantitative estimate of drug-likeness (QED) is 0.633. The normalized spacial score (nSPS) is 39.5. The molecule has 2 aliphatic heterocycles. The average Bonchev–Trinajstić information content (AvgIpc) is 1.93. The highest BCUT2D eigenvalue weighted by atomic mass is 15.3. The number of hydrogen-bond donors (Lipinski definition) is 1. The summed E-state index contributed by atoms with van der Waals surface area (Å²) in [5.41, 5.74) is 0. The Bertz CT molecular complexity index is 141. The standard InChI is InChI=1S/C10H20N2/c1-8-4-3-5-9(2)12(8)10-6-11-7-10/h8-11H,3-7H2,1-2H3. The van der Waals surface area contributed by atoms with Gasteiger partial charge in [-0.1, -0.05) is 6.42 Å².